The van der Waals surface area contributed by atoms with E-state index < -0.39 is 0 Å². The maximum Gasteiger partial charge on any atom is 0.291 e. The predicted octanol–water partition coefficient (Wildman–Crippen LogP) is 0.901. The summed E-state index contributed by atoms with van der Waals surface area (Å²) >= 11 is 0. The number of oxazole rings is 1. The number of carbonyl (C=O) groups is 1. The first kappa shape index (κ1) is 11.3. The van der Waals surface area contributed by atoms with Crippen LogP contribution >= 0.6 is 0 Å². The molecule has 90 valence electrons. The molecule has 0 spiro atoms. The van der Waals surface area contributed by atoms with Gasteiger partial charge in [-0.05, 0) is 20.8 Å². The number of aryl methyl sites for hydroxylation is 2. The van der Waals surface area contributed by atoms with Gasteiger partial charge < -0.3 is 9.73 Å². The highest BCUT2D eigenvalue weighted by Crippen LogP contribution is 2.12. The Bertz CT molecular complexity index is 530. The summed E-state index contributed by atoms with van der Waals surface area (Å²) in [5.74, 6) is 1.50. The first-order chi connectivity index (χ1) is 8.06. The third-order valence-electron chi connectivity index (χ3n) is 2.16. The van der Waals surface area contributed by atoms with Gasteiger partial charge in [0.1, 0.15) is 17.6 Å². The summed E-state index contributed by atoms with van der Waals surface area (Å²) in [5, 5.41) is 9.07. The van der Waals surface area contributed by atoms with Gasteiger partial charge in [-0.1, -0.05) is 0 Å². The normalized spacial score (nSPS) is 12.4. The molecule has 0 saturated carbocycles. The lowest BCUT2D eigenvalue weighted by Gasteiger charge is -2.07. The molecule has 0 fully saturated rings. The largest absolute Gasteiger partial charge is 0.444 e. The number of carbonyl (C=O) groups excluding carboxylic acids is 1. The lowest BCUT2D eigenvalue weighted by molar-refractivity contribution is 0.0923. The zero-order valence-corrected chi connectivity index (χ0v) is 9.81. The maximum atomic E-state index is 11.7. The van der Waals surface area contributed by atoms with E-state index >= 15 is 0 Å². The molecule has 0 aliphatic rings. The van der Waals surface area contributed by atoms with Crippen LogP contribution in [0.3, 0.4) is 0 Å². The van der Waals surface area contributed by atoms with Crippen LogP contribution in [-0.4, -0.2) is 26.1 Å². The van der Waals surface area contributed by atoms with E-state index in [1.165, 1.54) is 0 Å². The lowest BCUT2D eigenvalue weighted by atomic mass is 10.3. The third-order valence-corrected chi connectivity index (χ3v) is 2.16. The van der Waals surface area contributed by atoms with Crippen molar-refractivity contribution in [3.05, 3.63) is 29.5 Å². The van der Waals surface area contributed by atoms with E-state index in [0.29, 0.717) is 17.5 Å². The minimum atomic E-state index is -0.363. The highest BCUT2D eigenvalue weighted by molar-refractivity contribution is 5.90. The first-order valence-corrected chi connectivity index (χ1v) is 5.18. The quantitative estimate of drug-likeness (QED) is 0.823. The summed E-state index contributed by atoms with van der Waals surface area (Å²) in [6.07, 6.45) is 1.61. The predicted molar refractivity (Wildman–Crippen MR) is 58.2 cm³/mol. The van der Waals surface area contributed by atoms with Gasteiger partial charge >= 0.3 is 0 Å². The van der Waals surface area contributed by atoms with Crippen molar-refractivity contribution in [1.29, 1.82) is 0 Å². The monoisotopic (exact) mass is 235 g/mol. The molecule has 7 nitrogen and oxygen atoms in total. The summed E-state index contributed by atoms with van der Waals surface area (Å²) in [5.41, 5.74) is 0. The second-order valence-electron chi connectivity index (χ2n) is 3.75. The van der Waals surface area contributed by atoms with E-state index in [9.17, 15) is 4.79 Å². The average Bonchev–Trinajstić information content (AvgIpc) is 2.87. The summed E-state index contributed by atoms with van der Waals surface area (Å²) in [4.78, 5) is 19.7. The van der Waals surface area contributed by atoms with Crippen LogP contribution in [0.5, 0.6) is 0 Å². The Labute approximate surface area is 97.7 Å². The Morgan fingerprint density at radius 3 is 2.82 bits per heavy atom. The number of aromatic nitrogens is 4. The summed E-state index contributed by atoms with van der Waals surface area (Å²) < 4.78 is 5.31. The van der Waals surface area contributed by atoms with Crippen LogP contribution in [0.2, 0.25) is 0 Å². The molecule has 0 radical (unpaired) electrons. The molecule has 2 aromatic rings. The molecule has 0 aliphatic heterocycles. The molecule has 0 aromatic carbocycles. The van der Waals surface area contributed by atoms with E-state index in [-0.39, 0.29) is 17.8 Å². The SMILES string of the molecule is Cc1nc(C(=O)NC(C)c2ncc(C)o2)n[nH]1. The van der Waals surface area contributed by atoms with Crippen molar-refractivity contribution < 1.29 is 9.21 Å². The first-order valence-electron chi connectivity index (χ1n) is 5.18. The van der Waals surface area contributed by atoms with Crippen LogP contribution in [0.4, 0.5) is 0 Å². The van der Waals surface area contributed by atoms with Crippen molar-refractivity contribution in [2.24, 2.45) is 0 Å². The van der Waals surface area contributed by atoms with Gasteiger partial charge in [-0.3, -0.25) is 9.89 Å². The minimum absolute atomic E-state index is 0.109. The smallest absolute Gasteiger partial charge is 0.291 e. The molecule has 1 unspecified atom stereocenters. The fraction of sp³-hybridized carbons (Fsp3) is 0.400. The number of hydrogen-bond donors (Lipinski definition) is 2. The van der Waals surface area contributed by atoms with Crippen molar-refractivity contribution in [3.8, 4) is 0 Å². The second kappa shape index (κ2) is 4.36. The summed E-state index contributed by atoms with van der Waals surface area (Å²) in [6, 6.07) is -0.324. The van der Waals surface area contributed by atoms with Gasteiger partial charge in [-0.15, -0.1) is 5.10 Å². The van der Waals surface area contributed by atoms with Crippen molar-refractivity contribution in [2.45, 2.75) is 26.8 Å². The minimum Gasteiger partial charge on any atom is -0.444 e. The molecule has 2 aromatic heterocycles. The Morgan fingerprint density at radius 1 is 1.53 bits per heavy atom. The van der Waals surface area contributed by atoms with Gasteiger partial charge in [-0.2, -0.15) is 0 Å². The second-order valence-corrected chi connectivity index (χ2v) is 3.75. The molecule has 2 rings (SSSR count). The fourth-order valence-electron chi connectivity index (χ4n) is 1.34. The maximum absolute atomic E-state index is 11.7. The zero-order valence-electron chi connectivity index (χ0n) is 9.81. The van der Waals surface area contributed by atoms with E-state index in [1.807, 2.05) is 0 Å². The van der Waals surface area contributed by atoms with E-state index in [1.54, 1.807) is 27.0 Å². The molecular formula is C10H13N5O2. The molecular weight excluding hydrogens is 222 g/mol. The number of H-pyrrole nitrogens is 1. The van der Waals surface area contributed by atoms with Crippen molar-refractivity contribution in [1.82, 2.24) is 25.5 Å². The van der Waals surface area contributed by atoms with Crippen LogP contribution in [0.25, 0.3) is 0 Å². The number of nitrogens with one attached hydrogen (secondary N) is 2. The van der Waals surface area contributed by atoms with Gasteiger partial charge in [0.25, 0.3) is 5.91 Å². The number of hydrogen-bond acceptors (Lipinski definition) is 5. The molecule has 0 bridgehead atoms. The standard InChI is InChI=1S/C10H13N5O2/c1-5-4-11-10(17-5)6(2)12-9(16)8-13-7(3)14-15-8/h4,6H,1-3H3,(H,12,16)(H,13,14,15). The molecule has 2 N–H and O–H groups in total. The zero-order chi connectivity index (χ0) is 12.4. The molecule has 1 amide bonds. The summed E-state index contributed by atoms with van der Waals surface area (Å²) in [7, 11) is 0. The topological polar surface area (TPSA) is 96.7 Å². The van der Waals surface area contributed by atoms with Crippen molar-refractivity contribution >= 4 is 5.91 Å². The molecule has 0 aliphatic carbocycles. The van der Waals surface area contributed by atoms with E-state index in [0.717, 1.165) is 0 Å². The van der Waals surface area contributed by atoms with E-state index in [4.69, 9.17) is 4.42 Å². The summed E-state index contributed by atoms with van der Waals surface area (Å²) in [6.45, 7) is 5.30. The number of rotatable bonds is 3. The Morgan fingerprint density at radius 2 is 2.29 bits per heavy atom. The van der Waals surface area contributed by atoms with Crippen molar-refractivity contribution in [3.63, 3.8) is 0 Å². The van der Waals surface area contributed by atoms with Crippen molar-refractivity contribution in [2.75, 3.05) is 0 Å². The average molecular weight is 235 g/mol. The van der Waals surface area contributed by atoms with Gasteiger partial charge in [0.15, 0.2) is 0 Å². The molecule has 1 atom stereocenters. The molecule has 0 saturated heterocycles. The third kappa shape index (κ3) is 2.49. The Hall–Kier alpha value is -2.18. The van der Waals surface area contributed by atoms with Crippen LogP contribution in [0.1, 0.15) is 41.1 Å². The molecule has 2 heterocycles. The Kier molecular flexibility index (Phi) is 2.90. The highest BCUT2D eigenvalue weighted by atomic mass is 16.4. The van der Waals surface area contributed by atoms with Crippen LogP contribution < -0.4 is 5.32 Å². The molecule has 17 heavy (non-hydrogen) atoms. The van der Waals surface area contributed by atoms with Gasteiger partial charge in [-0.25, -0.2) is 9.97 Å². The fourth-order valence-corrected chi connectivity index (χ4v) is 1.34. The van der Waals surface area contributed by atoms with Crippen LogP contribution in [0, 0.1) is 13.8 Å². The number of amides is 1. The van der Waals surface area contributed by atoms with Gasteiger partial charge in [0.2, 0.25) is 11.7 Å². The van der Waals surface area contributed by atoms with Crippen LogP contribution in [0.15, 0.2) is 10.6 Å². The van der Waals surface area contributed by atoms with E-state index in [2.05, 4.69) is 25.5 Å². The van der Waals surface area contributed by atoms with Gasteiger partial charge in [0, 0.05) is 0 Å². The number of nitrogens with zero attached hydrogens (tertiary/aromatic N) is 3. The number of aromatic amines is 1. The molecule has 7 heteroatoms. The van der Waals surface area contributed by atoms with Gasteiger partial charge in [0.05, 0.1) is 6.20 Å². The Balaban J connectivity index is 2.04. The lowest BCUT2D eigenvalue weighted by Crippen LogP contribution is -2.27. The highest BCUT2D eigenvalue weighted by Gasteiger charge is 2.17. The van der Waals surface area contributed by atoms with Crippen LogP contribution in [-0.2, 0) is 0 Å².